The van der Waals surface area contributed by atoms with Crippen LogP contribution in [0.25, 0.3) is 0 Å². The number of nitrogens with one attached hydrogen (secondary N) is 1. The summed E-state index contributed by atoms with van der Waals surface area (Å²) in [6.07, 6.45) is 1.31. The minimum Gasteiger partial charge on any atom is -0.312 e. The molecule has 0 aliphatic heterocycles. The molecule has 0 radical (unpaired) electrons. The molecule has 2 aromatic rings. The van der Waals surface area contributed by atoms with E-state index in [1.54, 1.807) is 0 Å². The van der Waals surface area contributed by atoms with Gasteiger partial charge in [0, 0.05) is 15.8 Å². The number of rotatable bonds is 4. The summed E-state index contributed by atoms with van der Waals surface area (Å²) < 4.78 is 0. The van der Waals surface area contributed by atoms with E-state index in [4.69, 9.17) is 0 Å². The van der Waals surface area contributed by atoms with Crippen LogP contribution in [0.4, 0.5) is 0 Å². The van der Waals surface area contributed by atoms with Crippen molar-refractivity contribution in [3.63, 3.8) is 0 Å². The van der Waals surface area contributed by atoms with Gasteiger partial charge >= 0.3 is 0 Å². The van der Waals surface area contributed by atoms with Gasteiger partial charge in [0.15, 0.2) is 0 Å². The first-order chi connectivity index (χ1) is 8.79. The maximum Gasteiger partial charge on any atom is 0.0447 e. The Morgan fingerprint density at radius 2 is 1.94 bits per heavy atom. The van der Waals surface area contributed by atoms with E-state index in [0.717, 1.165) is 11.8 Å². The summed E-state index contributed by atoms with van der Waals surface area (Å²) in [5.74, 6) is 1.50. The molecule has 0 spiro atoms. The van der Waals surface area contributed by atoms with Crippen molar-refractivity contribution in [1.29, 1.82) is 0 Å². The highest BCUT2D eigenvalue weighted by Gasteiger charge is 2.44. The van der Waals surface area contributed by atoms with Gasteiger partial charge in [-0.15, -0.1) is 11.3 Å². The maximum absolute atomic E-state index is 3.50. The molecule has 3 atom stereocenters. The van der Waals surface area contributed by atoms with Crippen molar-refractivity contribution in [2.24, 2.45) is 5.92 Å². The topological polar surface area (TPSA) is 12.0 Å². The van der Waals surface area contributed by atoms with Gasteiger partial charge in [-0.1, -0.05) is 30.3 Å². The summed E-state index contributed by atoms with van der Waals surface area (Å²) in [7, 11) is 2.08. The zero-order valence-electron chi connectivity index (χ0n) is 10.9. The average Bonchev–Trinajstić information content (AvgIpc) is 3.07. The highest BCUT2D eigenvalue weighted by Crippen LogP contribution is 2.54. The van der Waals surface area contributed by atoms with Gasteiger partial charge in [0.1, 0.15) is 0 Å². The third-order valence-electron chi connectivity index (χ3n) is 3.87. The van der Waals surface area contributed by atoms with Gasteiger partial charge in [-0.25, -0.2) is 0 Å². The van der Waals surface area contributed by atoms with Crippen molar-refractivity contribution in [3.05, 3.63) is 57.8 Å². The molecule has 1 heterocycles. The molecule has 94 valence electrons. The Labute approximate surface area is 113 Å². The maximum atomic E-state index is 3.50. The van der Waals surface area contributed by atoms with Gasteiger partial charge < -0.3 is 5.32 Å². The second-order valence-electron chi connectivity index (χ2n) is 5.13. The van der Waals surface area contributed by atoms with Gasteiger partial charge in [0.25, 0.3) is 0 Å². The normalized spacial score (nSPS) is 23.9. The zero-order chi connectivity index (χ0) is 12.5. The summed E-state index contributed by atoms with van der Waals surface area (Å²) in [4.78, 5) is 2.89. The predicted molar refractivity (Wildman–Crippen MR) is 78.1 cm³/mol. The van der Waals surface area contributed by atoms with Gasteiger partial charge in [-0.2, -0.15) is 0 Å². The van der Waals surface area contributed by atoms with Crippen LogP contribution in [-0.2, 0) is 0 Å². The number of hydrogen-bond acceptors (Lipinski definition) is 2. The third-order valence-corrected chi connectivity index (χ3v) is 4.96. The Bertz CT molecular complexity index is 517. The summed E-state index contributed by atoms with van der Waals surface area (Å²) in [6.45, 7) is 2.18. The summed E-state index contributed by atoms with van der Waals surface area (Å²) in [6, 6.07) is 15.9. The molecule has 1 aliphatic carbocycles. The van der Waals surface area contributed by atoms with E-state index in [2.05, 4.69) is 61.8 Å². The lowest BCUT2D eigenvalue weighted by Crippen LogP contribution is -2.17. The van der Waals surface area contributed by atoms with Crippen molar-refractivity contribution in [1.82, 2.24) is 5.32 Å². The molecule has 0 amide bonds. The fourth-order valence-electron chi connectivity index (χ4n) is 2.85. The monoisotopic (exact) mass is 257 g/mol. The Morgan fingerprint density at radius 1 is 1.17 bits per heavy atom. The second kappa shape index (κ2) is 4.87. The second-order valence-corrected chi connectivity index (χ2v) is 6.45. The summed E-state index contributed by atoms with van der Waals surface area (Å²) >= 11 is 1.92. The molecule has 1 aromatic heterocycles. The Hall–Kier alpha value is -1.12. The molecular weight excluding hydrogens is 238 g/mol. The van der Waals surface area contributed by atoms with Crippen molar-refractivity contribution >= 4 is 11.3 Å². The first-order valence-electron chi connectivity index (χ1n) is 6.58. The Morgan fingerprint density at radius 3 is 2.56 bits per heavy atom. The van der Waals surface area contributed by atoms with Gasteiger partial charge in [-0.3, -0.25) is 0 Å². The lowest BCUT2D eigenvalue weighted by Gasteiger charge is -2.14. The molecule has 3 unspecified atom stereocenters. The van der Waals surface area contributed by atoms with Crippen LogP contribution in [0.5, 0.6) is 0 Å². The van der Waals surface area contributed by atoms with Crippen LogP contribution in [0, 0.1) is 12.8 Å². The van der Waals surface area contributed by atoms with E-state index in [1.807, 2.05) is 11.3 Å². The first kappa shape index (κ1) is 11.9. The van der Waals surface area contributed by atoms with Gasteiger partial charge in [0.05, 0.1) is 0 Å². The van der Waals surface area contributed by atoms with Crippen molar-refractivity contribution < 1.29 is 0 Å². The summed E-state index contributed by atoms with van der Waals surface area (Å²) in [5, 5.41) is 3.50. The molecule has 1 N–H and O–H groups in total. The number of aryl methyl sites for hydroxylation is 1. The predicted octanol–water partition coefficient (Wildman–Crippen LogP) is 4.12. The number of benzene rings is 1. The standard InChI is InChI=1S/C16H19NS/c1-11-8-9-15(18-11)16(17-2)14-10-13(14)12-6-4-3-5-7-12/h3-9,13-14,16-17H,10H2,1-2H3. The third kappa shape index (κ3) is 2.23. The highest BCUT2D eigenvalue weighted by molar-refractivity contribution is 7.12. The molecular formula is C16H19NS. The van der Waals surface area contributed by atoms with Crippen LogP contribution >= 0.6 is 11.3 Å². The molecule has 1 nitrogen and oxygen atoms in total. The van der Waals surface area contributed by atoms with E-state index >= 15 is 0 Å². The van der Waals surface area contributed by atoms with Crippen molar-refractivity contribution in [3.8, 4) is 0 Å². The van der Waals surface area contributed by atoms with E-state index in [-0.39, 0.29) is 0 Å². The molecule has 18 heavy (non-hydrogen) atoms. The average molecular weight is 257 g/mol. The largest absolute Gasteiger partial charge is 0.312 e. The first-order valence-corrected chi connectivity index (χ1v) is 7.40. The number of thiophene rings is 1. The van der Waals surface area contributed by atoms with Gasteiger partial charge in [-0.05, 0) is 49.9 Å². The fourth-order valence-corrected chi connectivity index (χ4v) is 3.92. The highest BCUT2D eigenvalue weighted by atomic mass is 32.1. The smallest absolute Gasteiger partial charge is 0.0447 e. The molecule has 0 bridgehead atoms. The molecule has 3 rings (SSSR count). The van der Waals surface area contributed by atoms with Crippen molar-refractivity contribution in [2.75, 3.05) is 7.05 Å². The van der Waals surface area contributed by atoms with E-state index in [1.165, 1.54) is 21.7 Å². The Balaban J connectivity index is 1.76. The van der Waals surface area contributed by atoms with Crippen LogP contribution in [0.15, 0.2) is 42.5 Å². The lowest BCUT2D eigenvalue weighted by molar-refractivity contribution is 0.526. The van der Waals surface area contributed by atoms with E-state index < -0.39 is 0 Å². The minimum atomic E-state index is 0.522. The minimum absolute atomic E-state index is 0.522. The van der Waals surface area contributed by atoms with Crippen LogP contribution in [0.2, 0.25) is 0 Å². The molecule has 1 aromatic carbocycles. The SMILES string of the molecule is CNC(c1ccc(C)s1)C1CC1c1ccccc1. The van der Waals surface area contributed by atoms with Gasteiger partial charge in [0.2, 0.25) is 0 Å². The van der Waals surface area contributed by atoms with Crippen LogP contribution in [-0.4, -0.2) is 7.05 Å². The number of hydrogen-bond donors (Lipinski definition) is 1. The molecule has 1 fully saturated rings. The van der Waals surface area contributed by atoms with Crippen LogP contribution in [0.3, 0.4) is 0 Å². The van der Waals surface area contributed by atoms with Crippen LogP contribution < -0.4 is 5.32 Å². The molecule has 0 saturated heterocycles. The van der Waals surface area contributed by atoms with Crippen LogP contribution in [0.1, 0.15) is 33.7 Å². The molecule has 2 heteroatoms. The Kier molecular flexibility index (Phi) is 3.23. The molecule has 1 saturated carbocycles. The fraction of sp³-hybridized carbons (Fsp3) is 0.375. The van der Waals surface area contributed by atoms with E-state index in [0.29, 0.717) is 6.04 Å². The quantitative estimate of drug-likeness (QED) is 0.868. The summed E-state index contributed by atoms with van der Waals surface area (Å²) in [5.41, 5.74) is 1.50. The van der Waals surface area contributed by atoms with Crippen molar-refractivity contribution in [2.45, 2.75) is 25.3 Å². The lowest BCUT2D eigenvalue weighted by atomic mass is 10.0. The van der Waals surface area contributed by atoms with E-state index in [9.17, 15) is 0 Å². The zero-order valence-corrected chi connectivity index (χ0v) is 11.7. The molecule has 1 aliphatic rings.